The molecule has 1 nitrogen and oxygen atoms in total. The highest BCUT2D eigenvalue weighted by Gasteiger charge is 2.27. The zero-order valence-corrected chi connectivity index (χ0v) is 13.9. The van der Waals surface area contributed by atoms with Crippen LogP contribution in [0.2, 0.25) is 0 Å². The Morgan fingerprint density at radius 2 is 1.52 bits per heavy atom. The molecule has 1 atom stereocenters. The average molecular weight is 322 g/mol. The lowest BCUT2D eigenvalue weighted by molar-refractivity contribution is 0.293. The Labute approximate surface area is 147 Å². The van der Waals surface area contributed by atoms with Gasteiger partial charge in [-0.1, -0.05) is 73.3 Å². The molecule has 4 aromatic carbocycles. The number of hydrogen-bond donors (Lipinski definition) is 0. The number of fused-ring (bicyclic) bond motifs is 4. The summed E-state index contributed by atoms with van der Waals surface area (Å²) in [5.74, 6) is 0.991. The highest BCUT2D eigenvalue weighted by Crippen LogP contribution is 2.38. The molecule has 120 valence electrons. The first-order valence-corrected chi connectivity index (χ1v) is 8.65. The summed E-state index contributed by atoms with van der Waals surface area (Å²) in [5.41, 5.74) is 3.50. The summed E-state index contributed by atoms with van der Waals surface area (Å²) in [5, 5.41) is 5.04. The second-order valence-electron chi connectivity index (χ2n) is 6.66. The average Bonchev–Trinajstić information content (AvgIpc) is 3.12. The fourth-order valence-corrected chi connectivity index (χ4v) is 3.79. The third kappa shape index (κ3) is 2.32. The highest BCUT2D eigenvalue weighted by atomic mass is 16.5. The Bertz CT molecular complexity index is 1120. The molecule has 1 aliphatic rings. The molecule has 0 bridgehead atoms. The predicted octanol–water partition coefficient (Wildman–Crippen LogP) is 6.01. The summed E-state index contributed by atoms with van der Waals surface area (Å²) in [7, 11) is 0. The number of ether oxygens (including phenoxy) is 1. The van der Waals surface area contributed by atoms with Crippen LogP contribution < -0.4 is 4.74 Å². The maximum atomic E-state index is 6.24. The fourth-order valence-electron chi connectivity index (χ4n) is 3.79. The number of hydrogen-bond acceptors (Lipinski definition) is 1. The van der Waals surface area contributed by atoms with Gasteiger partial charge in [0, 0.05) is 12.0 Å². The first-order chi connectivity index (χ1) is 12.3. The Morgan fingerprint density at radius 1 is 0.800 bits per heavy atom. The van der Waals surface area contributed by atoms with Gasteiger partial charge in [0.25, 0.3) is 0 Å². The molecular formula is C24H18O. The molecule has 0 aromatic heterocycles. The van der Waals surface area contributed by atoms with E-state index in [0.717, 1.165) is 23.3 Å². The minimum absolute atomic E-state index is 0.00182. The fraction of sp³-hybridized carbons (Fsp3) is 0.0833. The van der Waals surface area contributed by atoms with Gasteiger partial charge in [-0.3, -0.25) is 0 Å². The maximum absolute atomic E-state index is 6.24. The molecule has 0 saturated carbocycles. The standard InChI is InChI=1S/C24H18O/c1-16(19-11-10-17-6-2-3-8-20(17)14-19)24-15-22-21-9-5-4-7-18(21)12-13-23(22)25-24/h2-14,24H,1,15H2/t24-/m1/s1. The summed E-state index contributed by atoms with van der Waals surface area (Å²) < 4.78 is 6.24. The molecule has 1 heteroatoms. The number of benzene rings is 4. The number of rotatable bonds is 2. The normalized spacial score (nSPS) is 15.9. The lowest BCUT2D eigenvalue weighted by Gasteiger charge is -2.15. The molecule has 0 N–H and O–H groups in total. The smallest absolute Gasteiger partial charge is 0.128 e. The quantitative estimate of drug-likeness (QED) is 0.439. The Balaban J connectivity index is 1.51. The van der Waals surface area contributed by atoms with Crippen LogP contribution in [0.4, 0.5) is 0 Å². The second kappa shape index (κ2) is 5.49. The predicted molar refractivity (Wildman–Crippen MR) is 105 cm³/mol. The lowest BCUT2D eigenvalue weighted by atomic mass is 9.94. The zero-order valence-electron chi connectivity index (χ0n) is 13.9. The Kier molecular flexibility index (Phi) is 3.14. The van der Waals surface area contributed by atoms with E-state index in [1.807, 2.05) is 0 Å². The van der Waals surface area contributed by atoms with Gasteiger partial charge in [-0.25, -0.2) is 0 Å². The lowest BCUT2D eigenvalue weighted by Crippen LogP contribution is -2.14. The van der Waals surface area contributed by atoms with Gasteiger partial charge in [-0.05, 0) is 44.8 Å². The molecule has 5 rings (SSSR count). The molecular weight excluding hydrogens is 304 g/mol. The molecule has 0 spiro atoms. The molecule has 0 aliphatic carbocycles. The van der Waals surface area contributed by atoms with Crippen LogP contribution in [0.1, 0.15) is 11.1 Å². The van der Waals surface area contributed by atoms with Gasteiger partial charge in [0.2, 0.25) is 0 Å². The molecule has 0 fully saturated rings. The van der Waals surface area contributed by atoms with E-state index < -0.39 is 0 Å². The van der Waals surface area contributed by atoms with Crippen LogP contribution in [0.15, 0.2) is 85.4 Å². The van der Waals surface area contributed by atoms with Gasteiger partial charge in [0.05, 0.1) is 0 Å². The van der Waals surface area contributed by atoms with Crippen molar-refractivity contribution in [1.82, 2.24) is 0 Å². The molecule has 0 saturated heterocycles. The topological polar surface area (TPSA) is 9.23 Å². The summed E-state index contributed by atoms with van der Waals surface area (Å²) in [6.45, 7) is 4.35. The van der Waals surface area contributed by atoms with Gasteiger partial charge in [-0.2, -0.15) is 0 Å². The van der Waals surface area contributed by atoms with Crippen LogP contribution in [-0.2, 0) is 6.42 Å². The van der Waals surface area contributed by atoms with Crippen molar-refractivity contribution in [2.24, 2.45) is 0 Å². The third-order valence-electron chi connectivity index (χ3n) is 5.17. The van der Waals surface area contributed by atoms with E-state index in [1.54, 1.807) is 0 Å². The van der Waals surface area contributed by atoms with E-state index in [9.17, 15) is 0 Å². The molecule has 0 amide bonds. The largest absolute Gasteiger partial charge is 0.485 e. The van der Waals surface area contributed by atoms with Gasteiger partial charge < -0.3 is 4.74 Å². The van der Waals surface area contributed by atoms with Crippen molar-refractivity contribution >= 4 is 27.1 Å². The van der Waals surface area contributed by atoms with Crippen LogP contribution in [0, 0.1) is 0 Å². The highest BCUT2D eigenvalue weighted by molar-refractivity contribution is 5.90. The molecule has 0 radical (unpaired) electrons. The van der Waals surface area contributed by atoms with E-state index in [-0.39, 0.29) is 6.10 Å². The monoisotopic (exact) mass is 322 g/mol. The van der Waals surface area contributed by atoms with E-state index in [0.29, 0.717) is 0 Å². The molecule has 1 heterocycles. The minimum Gasteiger partial charge on any atom is -0.485 e. The van der Waals surface area contributed by atoms with Gasteiger partial charge in [0.1, 0.15) is 11.9 Å². The first-order valence-electron chi connectivity index (χ1n) is 8.65. The van der Waals surface area contributed by atoms with E-state index in [2.05, 4.69) is 85.4 Å². The van der Waals surface area contributed by atoms with Crippen molar-refractivity contribution in [3.05, 3.63) is 96.6 Å². The molecule has 4 aromatic rings. The van der Waals surface area contributed by atoms with Crippen molar-refractivity contribution in [3.8, 4) is 5.75 Å². The summed E-state index contributed by atoms with van der Waals surface area (Å²) >= 11 is 0. The van der Waals surface area contributed by atoms with E-state index in [1.165, 1.54) is 27.1 Å². The van der Waals surface area contributed by atoms with E-state index >= 15 is 0 Å². The first kappa shape index (κ1) is 14.3. The van der Waals surface area contributed by atoms with Crippen molar-refractivity contribution in [3.63, 3.8) is 0 Å². The van der Waals surface area contributed by atoms with Crippen molar-refractivity contribution in [2.75, 3.05) is 0 Å². The second-order valence-corrected chi connectivity index (χ2v) is 6.66. The van der Waals surface area contributed by atoms with Crippen molar-refractivity contribution in [2.45, 2.75) is 12.5 Å². The Hall–Kier alpha value is -3.06. The Morgan fingerprint density at radius 3 is 2.40 bits per heavy atom. The van der Waals surface area contributed by atoms with E-state index in [4.69, 9.17) is 4.74 Å². The molecule has 25 heavy (non-hydrogen) atoms. The van der Waals surface area contributed by atoms with Crippen LogP contribution in [0.25, 0.3) is 27.1 Å². The molecule has 0 unspecified atom stereocenters. The zero-order chi connectivity index (χ0) is 16.8. The summed E-state index contributed by atoms with van der Waals surface area (Å²) in [6, 6.07) is 27.7. The van der Waals surface area contributed by atoms with Gasteiger partial charge in [0.15, 0.2) is 0 Å². The van der Waals surface area contributed by atoms with Gasteiger partial charge in [-0.15, -0.1) is 0 Å². The van der Waals surface area contributed by atoms with Crippen LogP contribution in [-0.4, -0.2) is 6.10 Å². The maximum Gasteiger partial charge on any atom is 0.128 e. The van der Waals surface area contributed by atoms with Crippen LogP contribution in [0.3, 0.4) is 0 Å². The van der Waals surface area contributed by atoms with Gasteiger partial charge >= 0.3 is 0 Å². The third-order valence-corrected chi connectivity index (χ3v) is 5.17. The van der Waals surface area contributed by atoms with Crippen LogP contribution >= 0.6 is 0 Å². The SMILES string of the molecule is C=C(c1ccc2ccccc2c1)[C@H]1Cc2c(ccc3ccccc23)O1. The van der Waals surface area contributed by atoms with Crippen LogP contribution in [0.5, 0.6) is 5.75 Å². The minimum atomic E-state index is 0.00182. The van der Waals surface area contributed by atoms with Crippen molar-refractivity contribution < 1.29 is 4.74 Å². The summed E-state index contributed by atoms with van der Waals surface area (Å²) in [6.07, 6.45) is 0.879. The molecule has 1 aliphatic heterocycles. The van der Waals surface area contributed by atoms with Crippen molar-refractivity contribution in [1.29, 1.82) is 0 Å². The summed E-state index contributed by atoms with van der Waals surface area (Å²) in [4.78, 5) is 0.